The normalized spacial score (nSPS) is 10.9. The predicted octanol–water partition coefficient (Wildman–Crippen LogP) is 18.9. The van der Waals surface area contributed by atoms with Gasteiger partial charge in [-0.2, -0.15) is 0 Å². The summed E-state index contributed by atoms with van der Waals surface area (Å²) in [6.45, 7) is 30.5. The second-order valence-electron chi connectivity index (χ2n) is 25.4. The molecular weight excluding hydrogens is 1110 g/mol. The van der Waals surface area contributed by atoms with Gasteiger partial charge in [-0.3, -0.25) is 0 Å². The monoisotopic (exact) mass is 1240 g/mol. The zero-order valence-electron chi connectivity index (χ0n) is 57.6. The second kappa shape index (κ2) is 71.2. The van der Waals surface area contributed by atoms with Crippen LogP contribution in [0.3, 0.4) is 0 Å². The van der Waals surface area contributed by atoms with Crippen molar-refractivity contribution >= 4 is 12.3 Å². The minimum absolute atomic E-state index is 0. The van der Waals surface area contributed by atoms with Crippen molar-refractivity contribution in [3.63, 3.8) is 0 Å². The molecule has 0 saturated heterocycles. The van der Waals surface area contributed by atoms with Crippen molar-refractivity contribution in [2.75, 3.05) is 52.4 Å². The van der Waals surface area contributed by atoms with E-state index in [0.717, 1.165) is 0 Å². The quantitative estimate of drug-likeness (QED) is 0.0326. The van der Waals surface area contributed by atoms with E-state index in [2.05, 4.69) is 55.4 Å². The largest absolute Gasteiger partial charge is 1.00 e. The van der Waals surface area contributed by atoms with Gasteiger partial charge in [-0.25, -0.2) is 42.1 Å². The van der Waals surface area contributed by atoms with E-state index in [9.17, 15) is 0 Å². The second-order valence-corrected chi connectivity index (χ2v) is 25.4. The van der Waals surface area contributed by atoms with Crippen molar-refractivity contribution in [1.29, 1.82) is 42.1 Å². The summed E-state index contributed by atoms with van der Waals surface area (Å²) in [6.07, 6.45) is 64.1. The van der Waals surface area contributed by atoms with Crippen molar-refractivity contribution in [2.45, 2.75) is 364 Å². The highest BCUT2D eigenvalue weighted by molar-refractivity contribution is 7.05. The van der Waals surface area contributed by atoms with Gasteiger partial charge in [-0.15, -0.1) is 47.7 Å². The Labute approximate surface area is 541 Å². The summed E-state index contributed by atoms with van der Waals surface area (Å²) in [5.74, 6) is 10.8. The molecule has 85 heavy (non-hydrogen) atoms. The van der Waals surface area contributed by atoms with Gasteiger partial charge in [0.15, 0.2) is 0 Å². The molecule has 0 aliphatic heterocycles. The highest BCUT2D eigenvalue weighted by Gasteiger charge is 2.27. The lowest BCUT2D eigenvalue weighted by molar-refractivity contribution is -0.929. The van der Waals surface area contributed by atoms with Crippen LogP contribution in [0.1, 0.15) is 364 Å². The molecule has 0 N–H and O–H groups in total. The first-order chi connectivity index (χ1) is 41.0. The number of rotatable bonds is 56. The third-order valence-electron chi connectivity index (χ3n) is 17.4. The molecular formula is C72H136B2BrN10-. The molecule has 0 rings (SSSR count). The van der Waals surface area contributed by atoms with Gasteiger partial charge in [0.1, 0.15) is 0 Å². The Morgan fingerprint density at radius 2 is 0.271 bits per heavy atom. The van der Waals surface area contributed by atoms with Gasteiger partial charge in [0, 0.05) is 0 Å². The fraction of sp³-hybridized carbons (Fsp3) is 0.889. The third-order valence-corrected chi connectivity index (χ3v) is 17.4. The maximum atomic E-state index is 8.09. The Bertz CT molecular complexity index is 1460. The van der Waals surface area contributed by atoms with E-state index in [1.54, 1.807) is 0 Å². The van der Waals surface area contributed by atoms with E-state index in [1.807, 2.05) is 0 Å². The maximum Gasteiger partial charge on any atom is 0.383 e. The van der Waals surface area contributed by atoms with Crippen LogP contribution < -0.4 is 17.0 Å². The standard InChI is InChI=1S/2C32H68N.2C4BN4.BrH/c2*1-5-9-13-17-18-19-20-21-22-23-24-28-32-33(29-25-14-10-6-2,30-26-15-11-7-3)31-27-16-12-8-4;2*6-1-5(2-7,3-8)4-9;/h2*5-32H2,1-4H3;;;1H/q2*+1;2*-1;/p-1. The van der Waals surface area contributed by atoms with Gasteiger partial charge < -0.3 is 25.9 Å². The third kappa shape index (κ3) is 57.9. The Morgan fingerprint density at radius 1 is 0.176 bits per heavy atom. The van der Waals surface area contributed by atoms with Gasteiger partial charge in [0.05, 0.1) is 52.4 Å². The molecule has 0 aliphatic carbocycles. The molecule has 13 heteroatoms. The van der Waals surface area contributed by atoms with Crippen LogP contribution in [0.5, 0.6) is 0 Å². The molecule has 0 aliphatic rings. The average molecular weight is 1240 g/mol. The van der Waals surface area contributed by atoms with E-state index in [4.69, 9.17) is 42.1 Å². The molecule has 488 valence electrons. The predicted molar refractivity (Wildman–Crippen MR) is 363 cm³/mol. The van der Waals surface area contributed by atoms with Crippen molar-refractivity contribution in [3.8, 4) is 47.7 Å². The lowest BCUT2D eigenvalue weighted by atomic mass is 9.30. The van der Waals surface area contributed by atoms with Crippen LogP contribution in [-0.4, -0.2) is 73.6 Å². The number of nitrogens with zero attached hydrogens (tertiary/aromatic N) is 10. The summed E-state index contributed by atoms with van der Waals surface area (Å²) >= 11 is 0. The smallest absolute Gasteiger partial charge is 0.383 e. The van der Waals surface area contributed by atoms with Gasteiger partial charge in [-0.05, 0) is 103 Å². The number of nitriles is 8. The zero-order chi connectivity index (χ0) is 63.3. The summed E-state index contributed by atoms with van der Waals surface area (Å²) in [7, 11) is 0. The number of hydrogen-bond donors (Lipinski definition) is 0. The number of quaternary nitrogens is 2. The van der Waals surface area contributed by atoms with Gasteiger partial charge >= 0.3 is 12.3 Å². The highest BCUT2D eigenvalue weighted by atomic mass is 79.9. The molecule has 0 aromatic rings. The molecule has 0 saturated carbocycles. The maximum absolute atomic E-state index is 8.09. The summed E-state index contributed by atoms with van der Waals surface area (Å²) in [6, 6.07) is 0. The number of unbranched alkanes of at least 4 members (excludes halogenated alkanes) is 40. The first-order valence-corrected chi connectivity index (χ1v) is 36.3. The van der Waals surface area contributed by atoms with Gasteiger partial charge in [0.2, 0.25) is 0 Å². The minimum atomic E-state index is -2.72. The zero-order valence-corrected chi connectivity index (χ0v) is 59.2. The van der Waals surface area contributed by atoms with Crippen LogP contribution in [0, 0.1) is 89.8 Å². The molecule has 0 heterocycles. The van der Waals surface area contributed by atoms with E-state index >= 15 is 0 Å². The molecule has 0 amide bonds. The van der Waals surface area contributed by atoms with E-state index in [-0.39, 0.29) is 17.0 Å². The molecule has 0 bridgehead atoms. The van der Waals surface area contributed by atoms with E-state index in [0.29, 0.717) is 0 Å². The molecule has 0 radical (unpaired) electrons. The number of hydrogen-bond acceptors (Lipinski definition) is 8. The molecule has 0 aromatic heterocycles. The first kappa shape index (κ1) is 90.2. The fourth-order valence-corrected chi connectivity index (χ4v) is 11.5. The summed E-state index contributed by atoms with van der Waals surface area (Å²) in [5.41, 5.74) is 0. The van der Waals surface area contributed by atoms with Gasteiger partial charge in [-0.1, -0.05) is 261 Å². The van der Waals surface area contributed by atoms with Crippen LogP contribution in [0.2, 0.25) is 0 Å². The Balaban J connectivity index is -0.000000384. The van der Waals surface area contributed by atoms with Crippen molar-refractivity contribution in [1.82, 2.24) is 0 Å². The van der Waals surface area contributed by atoms with E-state index < -0.39 is 12.3 Å². The molecule has 0 unspecified atom stereocenters. The Hall–Kier alpha value is -3.55. The first-order valence-electron chi connectivity index (χ1n) is 36.3. The van der Waals surface area contributed by atoms with Crippen molar-refractivity contribution < 1.29 is 25.9 Å². The van der Waals surface area contributed by atoms with Crippen molar-refractivity contribution in [2.24, 2.45) is 0 Å². The topological polar surface area (TPSA) is 190 Å². The Morgan fingerprint density at radius 3 is 0.365 bits per heavy atom. The molecule has 0 fully saturated rings. The van der Waals surface area contributed by atoms with E-state index in [1.165, 1.54) is 417 Å². The van der Waals surface area contributed by atoms with Gasteiger partial charge in [0.25, 0.3) is 0 Å². The van der Waals surface area contributed by atoms with Crippen LogP contribution in [0.4, 0.5) is 0 Å². The SMILES string of the molecule is CCCCCCCCCCCCCC[N+](CCCCCC)(CCCCCC)CCCCCC.CCCCCCCCCCCCCC[N+](CCCCCC)(CCCCCC)CCCCCC.N#C[B-](C#N)(C#N)C#N.N#C[B-](C#N)(C#N)C#N.[Br-]. The Kier molecular flexibility index (Phi) is 75.6. The minimum Gasteiger partial charge on any atom is -1.00 e. The average Bonchev–Trinajstić information content (AvgIpc) is 3.53. The molecule has 0 atom stereocenters. The fourth-order valence-electron chi connectivity index (χ4n) is 11.5. The van der Waals surface area contributed by atoms with Crippen LogP contribution in [0.15, 0.2) is 0 Å². The summed E-state index contributed by atoms with van der Waals surface area (Å²) in [5, 5.41) is 64.7. The molecule has 10 nitrogen and oxygen atoms in total. The summed E-state index contributed by atoms with van der Waals surface area (Å²) in [4.78, 5) is 0. The highest BCUT2D eigenvalue weighted by Crippen LogP contribution is 2.23. The van der Waals surface area contributed by atoms with Crippen LogP contribution in [-0.2, 0) is 0 Å². The number of halogens is 1. The molecule has 0 aromatic carbocycles. The van der Waals surface area contributed by atoms with Crippen LogP contribution >= 0.6 is 0 Å². The lowest BCUT2D eigenvalue weighted by Gasteiger charge is -2.39. The lowest BCUT2D eigenvalue weighted by Crippen LogP contribution is -3.00. The van der Waals surface area contributed by atoms with Crippen molar-refractivity contribution in [3.05, 3.63) is 0 Å². The molecule has 0 spiro atoms. The van der Waals surface area contributed by atoms with Crippen LogP contribution in [0.25, 0.3) is 0 Å². The summed E-state index contributed by atoms with van der Waals surface area (Å²) < 4.78 is 2.93.